The molecule has 0 spiro atoms. The minimum absolute atomic E-state index is 0.131. The van der Waals surface area contributed by atoms with Gasteiger partial charge in [0, 0.05) is 11.0 Å². The van der Waals surface area contributed by atoms with Crippen LogP contribution in [0.25, 0.3) is 6.08 Å². The fourth-order valence-electron chi connectivity index (χ4n) is 1.72. The summed E-state index contributed by atoms with van der Waals surface area (Å²) in [6, 6.07) is 12.9. The molecule has 2 aromatic rings. The third-order valence-electron chi connectivity index (χ3n) is 2.69. The molecular weight excluding hydrogens is 338 g/mol. The SMILES string of the molecule is O=C(/C=C/c1ccc(Br)s1)N[C@H](CO)c1ccccc1. The molecule has 104 valence electrons. The van der Waals surface area contributed by atoms with E-state index in [4.69, 9.17) is 0 Å². The van der Waals surface area contributed by atoms with Gasteiger partial charge in [0.15, 0.2) is 0 Å². The molecule has 0 aliphatic rings. The molecule has 20 heavy (non-hydrogen) atoms. The first kappa shape index (κ1) is 15.0. The van der Waals surface area contributed by atoms with Gasteiger partial charge in [-0.15, -0.1) is 11.3 Å². The van der Waals surface area contributed by atoms with Crippen LogP contribution in [0.4, 0.5) is 0 Å². The van der Waals surface area contributed by atoms with Crippen LogP contribution in [0.2, 0.25) is 0 Å². The van der Waals surface area contributed by atoms with Crippen molar-refractivity contribution in [1.29, 1.82) is 0 Å². The van der Waals surface area contributed by atoms with Gasteiger partial charge in [-0.2, -0.15) is 0 Å². The van der Waals surface area contributed by atoms with E-state index in [1.807, 2.05) is 42.5 Å². The Hall–Kier alpha value is -1.43. The molecule has 0 unspecified atom stereocenters. The lowest BCUT2D eigenvalue weighted by atomic mass is 10.1. The zero-order valence-electron chi connectivity index (χ0n) is 10.6. The maximum Gasteiger partial charge on any atom is 0.244 e. The molecule has 2 rings (SSSR count). The number of nitrogens with one attached hydrogen (secondary N) is 1. The number of aliphatic hydroxyl groups is 1. The largest absolute Gasteiger partial charge is 0.394 e. The van der Waals surface area contributed by atoms with Crippen molar-refractivity contribution in [3.05, 3.63) is 62.8 Å². The second-order valence-electron chi connectivity index (χ2n) is 4.13. The number of amides is 1. The maximum atomic E-state index is 11.8. The standard InChI is InChI=1S/C15H14BrNO2S/c16-14-8-6-12(20-14)7-9-15(19)17-13(10-18)11-4-2-1-3-5-11/h1-9,13,18H,10H2,(H,17,19)/b9-7+/t13-/m1/s1. The van der Waals surface area contributed by atoms with Gasteiger partial charge in [0.2, 0.25) is 5.91 Å². The van der Waals surface area contributed by atoms with Gasteiger partial charge < -0.3 is 10.4 Å². The fraction of sp³-hybridized carbons (Fsp3) is 0.133. The van der Waals surface area contributed by atoms with Crippen LogP contribution in [0.15, 0.2) is 52.3 Å². The topological polar surface area (TPSA) is 49.3 Å². The molecule has 3 nitrogen and oxygen atoms in total. The summed E-state index contributed by atoms with van der Waals surface area (Å²) in [5, 5.41) is 12.2. The first-order valence-corrected chi connectivity index (χ1v) is 7.69. The van der Waals surface area contributed by atoms with Gasteiger partial charge in [-0.1, -0.05) is 30.3 Å². The molecule has 0 saturated carbocycles. The Morgan fingerprint density at radius 2 is 2.05 bits per heavy atom. The van der Waals surface area contributed by atoms with E-state index in [-0.39, 0.29) is 18.6 Å². The van der Waals surface area contributed by atoms with Crippen LogP contribution in [0.3, 0.4) is 0 Å². The van der Waals surface area contributed by atoms with Gasteiger partial charge in [-0.3, -0.25) is 4.79 Å². The number of carbonyl (C=O) groups is 1. The smallest absolute Gasteiger partial charge is 0.244 e. The summed E-state index contributed by atoms with van der Waals surface area (Å²) in [6.45, 7) is -0.131. The van der Waals surface area contributed by atoms with Gasteiger partial charge in [0.25, 0.3) is 0 Å². The molecule has 0 fully saturated rings. The lowest BCUT2D eigenvalue weighted by Gasteiger charge is -2.15. The number of rotatable bonds is 5. The molecule has 0 saturated heterocycles. The first-order valence-electron chi connectivity index (χ1n) is 6.09. The lowest BCUT2D eigenvalue weighted by Crippen LogP contribution is -2.29. The molecule has 0 bridgehead atoms. The summed E-state index contributed by atoms with van der Waals surface area (Å²) in [5.74, 6) is -0.225. The Bertz CT molecular complexity index is 595. The second-order valence-corrected chi connectivity index (χ2v) is 6.62. The second kappa shape index (κ2) is 7.38. The van der Waals surface area contributed by atoms with E-state index in [0.29, 0.717) is 0 Å². The molecule has 0 radical (unpaired) electrons. The summed E-state index contributed by atoms with van der Waals surface area (Å²) in [7, 11) is 0. The Kier molecular flexibility index (Phi) is 5.52. The molecular formula is C15H14BrNO2S. The van der Waals surface area contributed by atoms with E-state index in [1.54, 1.807) is 17.4 Å². The molecule has 2 N–H and O–H groups in total. The molecule has 0 aliphatic heterocycles. The van der Waals surface area contributed by atoms with E-state index < -0.39 is 0 Å². The van der Waals surface area contributed by atoms with Gasteiger partial charge in [0.1, 0.15) is 0 Å². The molecule has 1 aromatic heterocycles. The number of aliphatic hydroxyl groups excluding tert-OH is 1. The van der Waals surface area contributed by atoms with E-state index in [1.165, 1.54) is 6.08 Å². The lowest BCUT2D eigenvalue weighted by molar-refractivity contribution is -0.117. The van der Waals surface area contributed by atoms with E-state index in [0.717, 1.165) is 14.2 Å². The Balaban J connectivity index is 1.98. The van der Waals surface area contributed by atoms with Gasteiger partial charge >= 0.3 is 0 Å². The predicted octanol–water partition coefficient (Wildman–Crippen LogP) is 3.37. The monoisotopic (exact) mass is 351 g/mol. The van der Waals surface area contributed by atoms with E-state index in [9.17, 15) is 9.90 Å². The summed E-state index contributed by atoms with van der Waals surface area (Å²) >= 11 is 4.92. The summed E-state index contributed by atoms with van der Waals surface area (Å²) in [4.78, 5) is 12.8. The van der Waals surface area contributed by atoms with Crippen molar-refractivity contribution in [2.45, 2.75) is 6.04 Å². The van der Waals surface area contributed by atoms with Crippen molar-refractivity contribution in [1.82, 2.24) is 5.32 Å². The highest BCUT2D eigenvalue weighted by molar-refractivity contribution is 9.11. The van der Waals surface area contributed by atoms with Crippen molar-refractivity contribution < 1.29 is 9.90 Å². The average molecular weight is 352 g/mol. The first-order chi connectivity index (χ1) is 9.69. The van der Waals surface area contributed by atoms with Crippen LogP contribution in [-0.2, 0) is 4.79 Å². The molecule has 1 aromatic carbocycles. The molecule has 5 heteroatoms. The van der Waals surface area contributed by atoms with Crippen LogP contribution in [0, 0.1) is 0 Å². The molecule has 0 aliphatic carbocycles. The predicted molar refractivity (Wildman–Crippen MR) is 85.5 cm³/mol. The number of hydrogen-bond acceptors (Lipinski definition) is 3. The van der Waals surface area contributed by atoms with Crippen LogP contribution < -0.4 is 5.32 Å². The third kappa shape index (κ3) is 4.30. The molecule has 1 heterocycles. The van der Waals surface area contributed by atoms with E-state index in [2.05, 4.69) is 21.2 Å². The minimum atomic E-state index is -0.386. The van der Waals surface area contributed by atoms with Crippen LogP contribution in [0.1, 0.15) is 16.5 Å². The van der Waals surface area contributed by atoms with Crippen molar-refractivity contribution in [2.24, 2.45) is 0 Å². The Morgan fingerprint density at radius 1 is 1.30 bits per heavy atom. The normalized spacial score (nSPS) is 12.5. The van der Waals surface area contributed by atoms with Crippen LogP contribution in [0.5, 0.6) is 0 Å². The van der Waals surface area contributed by atoms with Gasteiger partial charge in [-0.25, -0.2) is 0 Å². The van der Waals surface area contributed by atoms with Gasteiger partial charge in [0.05, 0.1) is 16.4 Å². The van der Waals surface area contributed by atoms with Crippen molar-refractivity contribution >= 4 is 39.2 Å². The summed E-state index contributed by atoms with van der Waals surface area (Å²) in [6.07, 6.45) is 3.23. The highest BCUT2D eigenvalue weighted by Gasteiger charge is 2.11. The highest BCUT2D eigenvalue weighted by atomic mass is 79.9. The summed E-state index contributed by atoms with van der Waals surface area (Å²) in [5.41, 5.74) is 0.885. The molecule has 1 atom stereocenters. The number of benzene rings is 1. The highest BCUT2D eigenvalue weighted by Crippen LogP contribution is 2.23. The quantitative estimate of drug-likeness (QED) is 0.811. The third-order valence-corrected chi connectivity index (χ3v) is 4.28. The number of halogens is 1. The van der Waals surface area contributed by atoms with E-state index >= 15 is 0 Å². The average Bonchev–Trinajstić information content (AvgIpc) is 2.89. The Morgan fingerprint density at radius 3 is 2.65 bits per heavy atom. The zero-order valence-corrected chi connectivity index (χ0v) is 13.0. The number of hydrogen-bond donors (Lipinski definition) is 2. The summed E-state index contributed by atoms with van der Waals surface area (Å²) < 4.78 is 1.02. The molecule has 1 amide bonds. The Labute approximate surface area is 130 Å². The van der Waals surface area contributed by atoms with Crippen molar-refractivity contribution in [3.8, 4) is 0 Å². The van der Waals surface area contributed by atoms with Crippen LogP contribution in [-0.4, -0.2) is 17.6 Å². The number of carbonyl (C=O) groups excluding carboxylic acids is 1. The fourth-order valence-corrected chi connectivity index (χ4v) is 3.04. The van der Waals surface area contributed by atoms with Crippen molar-refractivity contribution in [3.63, 3.8) is 0 Å². The number of thiophene rings is 1. The zero-order chi connectivity index (χ0) is 14.4. The maximum absolute atomic E-state index is 11.8. The minimum Gasteiger partial charge on any atom is -0.394 e. The van der Waals surface area contributed by atoms with Crippen LogP contribution >= 0.6 is 27.3 Å². The van der Waals surface area contributed by atoms with Crippen molar-refractivity contribution in [2.75, 3.05) is 6.61 Å². The van der Waals surface area contributed by atoms with Gasteiger partial charge in [-0.05, 0) is 39.7 Å².